The second-order valence-electron chi connectivity index (χ2n) is 4.93. The Balaban J connectivity index is 2.11. The summed E-state index contributed by atoms with van der Waals surface area (Å²) in [5.41, 5.74) is 2.80. The first kappa shape index (κ1) is 14.9. The van der Waals surface area contributed by atoms with Gasteiger partial charge >= 0.3 is 0 Å². The van der Waals surface area contributed by atoms with Gasteiger partial charge in [-0.25, -0.2) is 13.4 Å². The van der Waals surface area contributed by atoms with Crippen LogP contribution in [0.25, 0.3) is 5.65 Å². The lowest BCUT2D eigenvalue weighted by Gasteiger charge is -2.10. The molecule has 0 saturated carbocycles. The van der Waals surface area contributed by atoms with E-state index in [0.29, 0.717) is 11.3 Å². The van der Waals surface area contributed by atoms with E-state index in [0.717, 1.165) is 11.4 Å². The van der Waals surface area contributed by atoms with Crippen molar-refractivity contribution in [3.8, 4) is 0 Å². The lowest BCUT2D eigenvalue weighted by atomic mass is 10.4. The number of nitrogens with one attached hydrogen (secondary N) is 1. The van der Waals surface area contributed by atoms with E-state index in [1.807, 2.05) is 24.4 Å². The lowest BCUT2D eigenvalue weighted by molar-refractivity contribution is 0.601. The summed E-state index contributed by atoms with van der Waals surface area (Å²) in [6.45, 7) is 3.82. The highest BCUT2D eigenvalue weighted by molar-refractivity contribution is 7.92. The molecular formula is C15H14ClN3O2S. The minimum absolute atomic E-state index is 0.0404. The van der Waals surface area contributed by atoms with Crippen molar-refractivity contribution in [3.05, 3.63) is 59.0 Å². The quantitative estimate of drug-likeness (QED) is 0.797. The van der Waals surface area contributed by atoms with Crippen molar-refractivity contribution in [1.82, 2.24) is 9.38 Å². The van der Waals surface area contributed by atoms with Gasteiger partial charge in [0.25, 0.3) is 10.0 Å². The average Bonchev–Trinajstić information content (AvgIpc) is 2.76. The molecular weight excluding hydrogens is 322 g/mol. The van der Waals surface area contributed by atoms with Crippen molar-refractivity contribution in [2.45, 2.75) is 18.7 Å². The van der Waals surface area contributed by atoms with Gasteiger partial charge in [0.05, 0.1) is 16.4 Å². The number of pyridine rings is 1. The van der Waals surface area contributed by atoms with E-state index >= 15 is 0 Å². The SMILES string of the molecule is Cc1nc2c(NS(=O)(=O)c3ccccc3Cl)cccn2c1C. The summed E-state index contributed by atoms with van der Waals surface area (Å²) in [7, 11) is -3.77. The Bertz CT molecular complexity index is 964. The second kappa shape index (κ2) is 5.30. The Kier molecular flexibility index (Phi) is 3.58. The number of aryl methyl sites for hydroxylation is 2. The molecule has 0 spiro atoms. The largest absolute Gasteiger partial charge is 0.302 e. The van der Waals surface area contributed by atoms with Gasteiger partial charge in [-0.3, -0.25) is 4.72 Å². The van der Waals surface area contributed by atoms with Crippen molar-refractivity contribution in [3.63, 3.8) is 0 Å². The van der Waals surface area contributed by atoms with E-state index in [2.05, 4.69) is 9.71 Å². The van der Waals surface area contributed by atoms with Crippen LogP contribution in [0.3, 0.4) is 0 Å². The van der Waals surface area contributed by atoms with Gasteiger partial charge in [0.15, 0.2) is 5.65 Å². The molecule has 3 rings (SSSR count). The topological polar surface area (TPSA) is 63.5 Å². The molecule has 0 atom stereocenters. The Morgan fingerprint density at radius 1 is 1.14 bits per heavy atom. The van der Waals surface area contributed by atoms with Crippen LogP contribution in [-0.2, 0) is 10.0 Å². The highest BCUT2D eigenvalue weighted by Gasteiger charge is 2.19. The van der Waals surface area contributed by atoms with Crippen molar-refractivity contribution < 1.29 is 8.42 Å². The molecule has 2 aromatic heterocycles. The summed E-state index contributed by atoms with van der Waals surface area (Å²) in [6, 6.07) is 9.77. The monoisotopic (exact) mass is 335 g/mol. The lowest BCUT2D eigenvalue weighted by Crippen LogP contribution is -2.14. The van der Waals surface area contributed by atoms with Crippen molar-refractivity contribution >= 4 is 33.0 Å². The normalized spacial score (nSPS) is 11.8. The molecule has 0 aliphatic carbocycles. The van der Waals surface area contributed by atoms with Crippen LogP contribution in [0.5, 0.6) is 0 Å². The van der Waals surface area contributed by atoms with E-state index in [-0.39, 0.29) is 9.92 Å². The third-order valence-electron chi connectivity index (χ3n) is 3.50. The maximum absolute atomic E-state index is 12.5. The fraction of sp³-hybridized carbons (Fsp3) is 0.133. The molecule has 1 N–H and O–H groups in total. The molecule has 114 valence electrons. The number of rotatable bonds is 3. The first-order valence-corrected chi connectivity index (χ1v) is 8.48. The Labute approximate surface area is 133 Å². The Hall–Kier alpha value is -2.05. The molecule has 3 aromatic rings. The number of aromatic nitrogens is 2. The predicted molar refractivity (Wildman–Crippen MR) is 86.9 cm³/mol. The van der Waals surface area contributed by atoms with Crippen LogP contribution in [0.15, 0.2) is 47.5 Å². The van der Waals surface area contributed by atoms with E-state index in [1.54, 1.807) is 30.3 Å². The molecule has 1 aromatic carbocycles. The molecule has 0 amide bonds. The highest BCUT2D eigenvalue weighted by Crippen LogP contribution is 2.26. The molecule has 0 unspecified atom stereocenters. The number of hydrogen-bond donors (Lipinski definition) is 1. The first-order valence-electron chi connectivity index (χ1n) is 6.62. The van der Waals surface area contributed by atoms with E-state index in [1.165, 1.54) is 6.07 Å². The highest BCUT2D eigenvalue weighted by atomic mass is 35.5. The molecule has 0 aliphatic heterocycles. The summed E-state index contributed by atoms with van der Waals surface area (Å²) < 4.78 is 29.5. The molecule has 0 radical (unpaired) electrons. The van der Waals surface area contributed by atoms with Crippen LogP contribution in [-0.4, -0.2) is 17.8 Å². The molecule has 5 nitrogen and oxygen atoms in total. The Morgan fingerprint density at radius 3 is 2.59 bits per heavy atom. The zero-order chi connectivity index (χ0) is 15.9. The number of hydrogen-bond acceptors (Lipinski definition) is 3. The van der Waals surface area contributed by atoms with Gasteiger partial charge < -0.3 is 4.40 Å². The van der Waals surface area contributed by atoms with Crippen LogP contribution >= 0.6 is 11.6 Å². The second-order valence-corrected chi connectivity index (χ2v) is 6.99. The molecule has 0 fully saturated rings. The number of nitrogens with zero attached hydrogens (tertiary/aromatic N) is 2. The van der Waals surface area contributed by atoms with Crippen molar-refractivity contribution in [2.24, 2.45) is 0 Å². The standard InChI is InChI=1S/C15H14ClN3O2S/c1-10-11(2)19-9-5-7-13(15(19)17-10)18-22(20,21)14-8-4-3-6-12(14)16/h3-9,18H,1-2H3. The van der Waals surface area contributed by atoms with E-state index in [4.69, 9.17) is 11.6 Å². The van der Waals surface area contributed by atoms with Crippen LogP contribution in [0, 0.1) is 13.8 Å². The minimum atomic E-state index is -3.77. The molecule has 22 heavy (non-hydrogen) atoms. The summed E-state index contributed by atoms with van der Waals surface area (Å²) in [5.74, 6) is 0. The maximum atomic E-state index is 12.5. The van der Waals surface area contributed by atoms with Crippen LogP contribution in [0.1, 0.15) is 11.4 Å². The molecule has 0 saturated heterocycles. The molecule has 7 heteroatoms. The minimum Gasteiger partial charge on any atom is -0.302 e. The van der Waals surface area contributed by atoms with Gasteiger partial charge in [-0.05, 0) is 38.1 Å². The number of benzene rings is 1. The van der Waals surface area contributed by atoms with Gasteiger partial charge in [-0.2, -0.15) is 0 Å². The van der Waals surface area contributed by atoms with Crippen molar-refractivity contribution in [2.75, 3.05) is 4.72 Å². The number of imidazole rings is 1. The summed E-state index contributed by atoms with van der Waals surface area (Å²) >= 11 is 5.98. The average molecular weight is 336 g/mol. The summed E-state index contributed by atoms with van der Waals surface area (Å²) in [4.78, 5) is 4.46. The van der Waals surface area contributed by atoms with Crippen LogP contribution < -0.4 is 4.72 Å². The van der Waals surface area contributed by atoms with Gasteiger partial charge in [0.1, 0.15) is 4.90 Å². The smallest absolute Gasteiger partial charge is 0.263 e. The van der Waals surface area contributed by atoms with Gasteiger partial charge in [-0.1, -0.05) is 23.7 Å². The van der Waals surface area contributed by atoms with E-state index < -0.39 is 10.0 Å². The third-order valence-corrected chi connectivity index (χ3v) is 5.36. The van der Waals surface area contributed by atoms with E-state index in [9.17, 15) is 8.42 Å². The number of fused-ring (bicyclic) bond motifs is 1. The van der Waals surface area contributed by atoms with Gasteiger partial charge in [-0.15, -0.1) is 0 Å². The first-order chi connectivity index (χ1) is 10.4. The van der Waals surface area contributed by atoms with Crippen LogP contribution in [0.4, 0.5) is 5.69 Å². The fourth-order valence-electron chi connectivity index (χ4n) is 2.24. The molecule has 0 aliphatic rings. The summed E-state index contributed by atoms with van der Waals surface area (Å²) in [5, 5.41) is 0.178. The predicted octanol–water partition coefficient (Wildman–Crippen LogP) is 3.41. The summed E-state index contributed by atoms with van der Waals surface area (Å²) in [6.07, 6.45) is 1.85. The van der Waals surface area contributed by atoms with Gasteiger partial charge in [0, 0.05) is 11.9 Å². The number of sulfonamides is 1. The number of anilines is 1. The molecule has 2 heterocycles. The maximum Gasteiger partial charge on any atom is 0.263 e. The van der Waals surface area contributed by atoms with Crippen molar-refractivity contribution in [1.29, 1.82) is 0 Å². The van der Waals surface area contributed by atoms with Gasteiger partial charge in [0.2, 0.25) is 0 Å². The Morgan fingerprint density at radius 2 is 1.86 bits per heavy atom. The number of halogens is 1. The third kappa shape index (κ3) is 2.44. The zero-order valence-electron chi connectivity index (χ0n) is 12.0. The van der Waals surface area contributed by atoms with Crippen LogP contribution in [0.2, 0.25) is 5.02 Å². The molecule has 0 bridgehead atoms. The zero-order valence-corrected chi connectivity index (χ0v) is 13.6. The fourth-order valence-corrected chi connectivity index (χ4v) is 3.82.